The molecule has 0 amide bonds. The van der Waals surface area contributed by atoms with Crippen LogP contribution < -0.4 is 5.32 Å². The summed E-state index contributed by atoms with van der Waals surface area (Å²) in [6.45, 7) is 16.3. The highest BCUT2D eigenvalue weighted by Gasteiger charge is 2.36. The van der Waals surface area contributed by atoms with E-state index in [1.54, 1.807) is 0 Å². The Morgan fingerprint density at radius 1 is 0.648 bits per heavy atom. The predicted octanol–water partition coefficient (Wildman–Crippen LogP) is 14.9. The number of aromatic nitrogens is 1. The highest BCUT2D eigenvalue weighted by Crippen LogP contribution is 2.51. The van der Waals surface area contributed by atoms with Gasteiger partial charge in [-0.25, -0.2) is 0 Å². The zero-order valence-electron chi connectivity index (χ0n) is 33.5. The van der Waals surface area contributed by atoms with E-state index in [1.807, 2.05) is 0 Å². The van der Waals surface area contributed by atoms with E-state index in [0.29, 0.717) is 23.8 Å². The highest BCUT2D eigenvalue weighted by atomic mass is 15.0. The van der Waals surface area contributed by atoms with Crippen molar-refractivity contribution in [1.29, 1.82) is 0 Å². The number of hydrogen-bond acceptors (Lipinski definition) is 1. The molecule has 54 heavy (non-hydrogen) atoms. The third kappa shape index (κ3) is 7.08. The van der Waals surface area contributed by atoms with Crippen LogP contribution >= 0.6 is 0 Å². The first kappa shape index (κ1) is 36.2. The monoisotopic (exact) mass is 710 g/mol. The van der Waals surface area contributed by atoms with Crippen molar-refractivity contribution < 1.29 is 0 Å². The number of para-hydroxylation sites is 2. The van der Waals surface area contributed by atoms with Crippen molar-refractivity contribution in [1.82, 2.24) is 4.57 Å². The SMILES string of the molecule is Cc1ccccc1-c1ccc2c3ccccc3n(C3CC(c4ccc(C(C)(C)C)cc4)CC(C4C=CC(C(C)(C)C)=CCC4)C3)c2c1Nc1ccccc1. The molecule has 2 aliphatic carbocycles. The third-order valence-electron chi connectivity index (χ3n) is 12.5. The molecular formula is C52H58N2. The second kappa shape index (κ2) is 14.4. The molecule has 2 aliphatic rings. The van der Waals surface area contributed by atoms with Crippen molar-refractivity contribution in [2.75, 3.05) is 5.32 Å². The van der Waals surface area contributed by atoms with E-state index in [0.717, 1.165) is 18.5 Å². The maximum atomic E-state index is 4.01. The van der Waals surface area contributed by atoms with Gasteiger partial charge < -0.3 is 9.88 Å². The average Bonchev–Trinajstić information content (AvgIpc) is 3.29. The number of hydrogen-bond donors (Lipinski definition) is 1. The van der Waals surface area contributed by atoms with Gasteiger partial charge in [-0.1, -0.05) is 157 Å². The van der Waals surface area contributed by atoms with Crippen molar-refractivity contribution in [2.24, 2.45) is 17.3 Å². The second-order valence-corrected chi connectivity index (χ2v) is 18.3. The topological polar surface area (TPSA) is 17.0 Å². The Bertz CT molecular complexity index is 2320. The Morgan fingerprint density at radius 3 is 2.11 bits per heavy atom. The van der Waals surface area contributed by atoms with E-state index in [9.17, 15) is 0 Å². The number of aryl methyl sites for hydroxylation is 1. The molecule has 5 aromatic carbocycles. The maximum Gasteiger partial charge on any atom is 0.0739 e. The summed E-state index contributed by atoms with van der Waals surface area (Å²) >= 11 is 0. The summed E-state index contributed by atoms with van der Waals surface area (Å²) in [6.07, 6.45) is 13.5. The molecule has 0 spiro atoms. The van der Waals surface area contributed by atoms with Crippen LogP contribution in [-0.2, 0) is 5.41 Å². The number of anilines is 2. The molecular weight excluding hydrogens is 653 g/mol. The van der Waals surface area contributed by atoms with Crippen LogP contribution in [0.15, 0.2) is 139 Å². The Hall–Kier alpha value is -4.82. The quantitative estimate of drug-likeness (QED) is 0.182. The first-order chi connectivity index (χ1) is 26.0. The standard InChI is InChI=1S/C52H58N2/c1-35-16-11-12-21-44(35)46-30-31-47-45-22-13-14-23-48(45)54(50(47)49(46)53-42-19-9-8-10-20-42)43-33-38(36-17-15-18-40(27-24-36)51(2,3)4)32-39(34-43)37-25-28-41(29-26-37)52(5,6)7/h8-14,16,18-31,36,38-39,43,53H,15,17,32-34H2,1-7H3. The zero-order chi connectivity index (χ0) is 37.6. The fourth-order valence-electron chi connectivity index (χ4n) is 9.55. The van der Waals surface area contributed by atoms with E-state index < -0.39 is 0 Å². The molecule has 0 radical (unpaired) electrons. The minimum absolute atomic E-state index is 0.138. The Morgan fingerprint density at radius 2 is 1.37 bits per heavy atom. The van der Waals surface area contributed by atoms with Crippen LogP contribution in [0.2, 0.25) is 0 Å². The van der Waals surface area contributed by atoms with E-state index in [1.165, 1.54) is 80.1 Å². The summed E-state index contributed by atoms with van der Waals surface area (Å²) in [4.78, 5) is 0. The van der Waals surface area contributed by atoms with Gasteiger partial charge in [0.1, 0.15) is 0 Å². The van der Waals surface area contributed by atoms with Gasteiger partial charge >= 0.3 is 0 Å². The van der Waals surface area contributed by atoms with Crippen LogP contribution in [0.1, 0.15) is 102 Å². The lowest BCUT2D eigenvalue weighted by Crippen LogP contribution is -2.28. The van der Waals surface area contributed by atoms with Crippen LogP contribution in [0.5, 0.6) is 0 Å². The lowest BCUT2D eigenvalue weighted by molar-refractivity contribution is 0.199. The van der Waals surface area contributed by atoms with Crippen molar-refractivity contribution in [2.45, 2.75) is 97.9 Å². The summed E-state index contributed by atoms with van der Waals surface area (Å²) < 4.78 is 2.78. The fourth-order valence-corrected chi connectivity index (χ4v) is 9.55. The van der Waals surface area contributed by atoms with Gasteiger partial charge in [-0.3, -0.25) is 0 Å². The van der Waals surface area contributed by atoms with Crippen LogP contribution in [-0.4, -0.2) is 4.57 Å². The largest absolute Gasteiger partial charge is 0.353 e. The van der Waals surface area contributed by atoms with Gasteiger partial charge in [0.2, 0.25) is 0 Å². The average molecular weight is 711 g/mol. The Labute approximate surface area is 324 Å². The molecule has 0 aliphatic heterocycles. The lowest BCUT2D eigenvalue weighted by Gasteiger charge is -2.40. The zero-order valence-corrected chi connectivity index (χ0v) is 33.5. The molecule has 1 fully saturated rings. The van der Waals surface area contributed by atoms with Gasteiger partial charge in [-0.15, -0.1) is 0 Å². The first-order valence-corrected chi connectivity index (χ1v) is 20.4. The number of nitrogens with one attached hydrogen (secondary N) is 1. The second-order valence-electron chi connectivity index (χ2n) is 18.3. The maximum absolute atomic E-state index is 4.01. The van der Waals surface area contributed by atoms with Crippen molar-refractivity contribution in [3.8, 4) is 11.1 Å². The molecule has 1 heterocycles. The molecule has 1 N–H and O–H groups in total. The summed E-state index contributed by atoms with van der Waals surface area (Å²) in [7, 11) is 0. The summed E-state index contributed by atoms with van der Waals surface area (Å²) in [5, 5.41) is 6.66. The number of allylic oxidation sites excluding steroid dienone is 4. The Kier molecular flexibility index (Phi) is 9.67. The number of benzene rings is 5. The third-order valence-corrected chi connectivity index (χ3v) is 12.5. The van der Waals surface area contributed by atoms with Crippen LogP contribution in [0.3, 0.4) is 0 Å². The molecule has 0 bridgehead atoms. The van der Waals surface area contributed by atoms with Gasteiger partial charge in [-0.05, 0) is 114 Å². The van der Waals surface area contributed by atoms with Crippen LogP contribution in [0.25, 0.3) is 32.9 Å². The molecule has 6 aromatic rings. The Balaban J connectivity index is 1.32. The molecule has 8 rings (SSSR count). The van der Waals surface area contributed by atoms with Crippen molar-refractivity contribution >= 4 is 33.2 Å². The van der Waals surface area contributed by atoms with Gasteiger partial charge in [0.15, 0.2) is 0 Å². The summed E-state index contributed by atoms with van der Waals surface area (Å²) in [5.74, 6) is 1.62. The highest BCUT2D eigenvalue weighted by molar-refractivity contribution is 6.15. The van der Waals surface area contributed by atoms with Gasteiger partial charge in [-0.2, -0.15) is 0 Å². The molecule has 276 valence electrons. The summed E-state index contributed by atoms with van der Waals surface area (Å²) in [6, 6.07) is 43.6. The van der Waals surface area contributed by atoms with E-state index in [2.05, 4.69) is 192 Å². The number of nitrogens with zero attached hydrogens (tertiary/aromatic N) is 1. The molecule has 2 heteroatoms. The van der Waals surface area contributed by atoms with E-state index in [-0.39, 0.29) is 10.8 Å². The lowest BCUT2D eigenvalue weighted by atomic mass is 9.69. The van der Waals surface area contributed by atoms with E-state index >= 15 is 0 Å². The molecule has 2 nitrogen and oxygen atoms in total. The number of rotatable bonds is 6. The van der Waals surface area contributed by atoms with Gasteiger partial charge in [0.05, 0.1) is 11.2 Å². The van der Waals surface area contributed by atoms with Crippen molar-refractivity contribution in [3.63, 3.8) is 0 Å². The minimum atomic E-state index is 0.138. The van der Waals surface area contributed by atoms with Gasteiger partial charge in [0.25, 0.3) is 0 Å². The predicted molar refractivity (Wildman–Crippen MR) is 233 cm³/mol. The molecule has 1 aromatic heterocycles. The fraction of sp³-hybridized carbons (Fsp3) is 0.346. The molecule has 4 atom stereocenters. The smallest absolute Gasteiger partial charge is 0.0739 e. The molecule has 1 saturated carbocycles. The molecule has 4 unspecified atom stereocenters. The van der Waals surface area contributed by atoms with Crippen LogP contribution in [0, 0.1) is 24.2 Å². The van der Waals surface area contributed by atoms with Crippen molar-refractivity contribution in [3.05, 3.63) is 156 Å². The van der Waals surface area contributed by atoms with Gasteiger partial charge in [0, 0.05) is 33.6 Å². The van der Waals surface area contributed by atoms with E-state index in [4.69, 9.17) is 0 Å². The molecule has 0 saturated heterocycles. The summed E-state index contributed by atoms with van der Waals surface area (Å²) in [5.41, 5.74) is 13.5. The minimum Gasteiger partial charge on any atom is -0.353 e. The number of fused-ring (bicyclic) bond motifs is 3. The van der Waals surface area contributed by atoms with Crippen LogP contribution in [0.4, 0.5) is 11.4 Å². The first-order valence-electron chi connectivity index (χ1n) is 20.4. The normalized spacial score (nSPS) is 20.9.